The van der Waals surface area contributed by atoms with Crippen LogP contribution < -0.4 is 0 Å². The quantitative estimate of drug-likeness (QED) is 0.561. The molecule has 4 aliphatic rings. The molecule has 0 aromatic rings. The molecule has 2 fully saturated rings. The summed E-state index contributed by atoms with van der Waals surface area (Å²) in [6, 6.07) is 0.709. The highest BCUT2D eigenvalue weighted by Gasteiger charge is 2.61. The number of hydrogen-bond donors (Lipinski definition) is 0. The van der Waals surface area contributed by atoms with Crippen molar-refractivity contribution in [1.82, 2.24) is 9.80 Å². The van der Waals surface area contributed by atoms with Gasteiger partial charge < -0.3 is 4.74 Å². The number of carbonyl (C=O) groups excluding carboxylic acids is 1. The third-order valence-corrected chi connectivity index (χ3v) is 6.28. The van der Waals surface area contributed by atoms with Crippen molar-refractivity contribution >= 4 is 5.97 Å². The zero-order valence-electron chi connectivity index (χ0n) is 16.1. The highest BCUT2D eigenvalue weighted by atomic mass is 16.6. The number of esters is 1. The van der Waals surface area contributed by atoms with Crippen LogP contribution in [0.2, 0.25) is 0 Å². The Bertz CT molecular complexity index is 693. The lowest BCUT2D eigenvalue weighted by atomic mass is 9.77. The van der Waals surface area contributed by atoms with Gasteiger partial charge in [0, 0.05) is 29.7 Å². The Balaban J connectivity index is 1.59. The van der Waals surface area contributed by atoms with Crippen LogP contribution in [0, 0.1) is 11.8 Å². The Morgan fingerprint density at radius 2 is 2.12 bits per heavy atom. The zero-order valence-corrected chi connectivity index (χ0v) is 16.1. The standard InChI is InChI=1S/C22H30N2O2/c1-3-10-23(11-4-2)12-7-8-17-14-18-16-22(19(17)15-21(25)26-22)20-9-5-6-13-24(18)20/h14-15,18,20H,3-6,9-13,16H2,1-2H3/t18-,20?,22+/m1/s1. The van der Waals surface area contributed by atoms with Crippen molar-refractivity contribution in [2.24, 2.45) is 0 Å². The normalized spacial score (nSPS) is 32.3. The average Bonchev–Trinajstić information content (AvgIpc) is 3.11. The first-order valence-corrected chi connectivity index (χ1v) is 10.3. The Hall–Kier alpha value is -1.57. The monoisotopic (exact) mass is 354 g/mol. The van der Waals surface area contributed by atoms with E-state index in [-0.39, 0.29) is 5.97 Å². The van der Waals surface area contributed by atoms with Crippen molar-refractivity contribution in [3.05, 3.63) is 23.3 Å². The summed E-state index contributed by atoms with van der Waals surface area (Å²) >= 11 is 0. The summed E-state index contributed by atoms with van der Waals surface area (Å²) in [7, 11) is 0. The number of rotatable bonds is 5. The molecule has 3 aliphatic heterocycles. The molecular weight excluding hydrogens is 324 g/mol. The first-order valence-electron chi connectivity index (χ1n) is 10.3. The van der Waals surface area contributed by atoms with E-state index in [1.165, 1.54) is 12.8 Å². The van der Waals surface area contributed by atoms with Gasteiger partial charge in [0.05, 0.1) is 12.6 Å². The van der Waals surface area contributed by atoms with Crippen LogP contribution in [0.5, 0.6) is 0 Å². The summed E-state index contributed by atoms with van der Waals surface area (Å²) in [6.07, 6.45) is 10.8. The molecule has 3 atom stereocenters. The SMILES string of the molecule is CCCN(CC#CC1=C[C@@H]2C[C@@]3(OC(=O)C=C13)C1CCCCN12)CCC. The lowest BCUT2D eigenvalue weighted by molar-refractivity contribution is -0.148. The second-order valence-corrected chi connectivity index (χ2v) is 8.05. The average molecular weight is 354 g/mol. The molecule has 26 heavy (non-hydrogen) atoms. The molecule has 1 spiro atoms. The molecule has 4 rings (SSSR count). The molecule has 2 bridgehead atoms. The molecule has 4 heteroatoms. The van der Waals surface area contributed by atoms with Gasteiger partial charge in [0.1, 0.15) is 0 Å². The van der Waals surface area contributed by atoms with E-state index in [4.69, 9.17) is 4.74 Å². The minimum Gasteiger partial charge on any atom is -0.449 e. The highest BCUT2D eigenvalue weighted by Crippen LogP contribution is 2.53. The summed E-state index contributed by atoms with van der Waals surface area (Å²) in [5, 5.41) is 0. The van der Waals surface area contributed by atoms with Gasteiger partial charge in [0.2, 0.25) is 0 Å². The maximum Gasteiger partial charge on any atom is 0.332 e. The molecular formula is C22H30N2O2. The molecule has 3 heterocycles. The van der Waals surface area contributed by atoms with Crippen LogP contribution in [0.25, 0.3) is 0 Å². The summed E-state index contributed by atoms with van der Waals surface area (Å²) < 4.78 is 5.96. The second-order valence-electron chi connectivity index (χ2n) is 8.05. The number of carbonyl (C=O) groups is 1. The maximum atomic E-state index is 12.2. The van der Waals surface area contributed by atoms with Crippen LogP contribution in [0.1, 0.15) is 52.4 Å². The number of nitrogens with zero attached hydrogens (tertiary/aromatic N) is 2. The Morgan fingerprint density at radius 1 is 1.31 bits per heavy atom. The fourth-order valence-electron chi connectivity index (χ4n) is 5.32. The molecule has 0 N–H and O–H groups in total. The second kappa shape index (κ2) is 7.21. The smallest absolute Gasteiger partial charge is 0.332 e. The van der Waals surface area contributed by atoms with Gasteiger partial charge in [0.25, 0.3) is 0 Å². The Kier molecular flexibility index (Phi) is 4.94. The van der Waals surface area contributed by atoms with E-state index in [1.54, 1.807) is 6.08 Å². The van der Waals surface area contributed by atoms with Crippen LogP contribution in [-0.4, -0.2) is 59.6 Å². The van der Waals surface area contributed by atoms with E-state index in [2.05, 4.69) is 41.6 Å². The number of hydrogen-bond acceptors (Lipinski definition) is 4. The third-order valence-electron chi connectivity index (χ3n) is 6.28. The van der Waals surface area contributed by atoms with Crippen LogP contribution in [0.3, 0.4) is 0 Å². The minimum atomic E-state index is -0.423. The van der Waals surface area contributed by atoms with Crippen molar-refractivity contribution in [2.45, 2.75) is 70.1 Å². The fourth-order valence-corrected chi connectivity index (χ4v) is 5.32. The number of fused-ring (bicyclic) bond motifs is 3. The molecule has 0 radical (unpaired) electrons. The van der Waals surface area contributed by atoms with Crippen molar-refractivity contribution in [1.29, 1.82) is 0 Å². The van der Waals surface area contributed by atoms with Gasteiger partial charge in [-0.15, -0.1) is 0 Å². The molecule has 140 valence electrons. The van der Waals surface area contributed by atoms with Gasteiger partial charge in [-0.05, 0) is 45.3 Å². The highest BCUT2D eigenvalue weighted by molar-refractivity contribution is 5.90. The first-order chi connectivity index (χ1) is 12.7. The number of ether oxygens (including phenoxy) is 1. The van der Waals surface area contributed by atoms with Gasteiger partial charge in [-0.25, -0.2) is 4.79 Å². The predicted octanol–water partition coefficient (Wildman–Crippen LogP) is 2.90. The fraction of sp³-hybridized carbons (Fsp3) is 0.682. The maximum absolute atomic E-state index is 12.2. The van der Waals surface area contributed by atoms with Crippen molar-refractivity contribution in [2.75, 3.05) is 26.2 Å². The summed E-state index contributed by atoms with van der Waals surface area (Å²) in [5.41, 5.74) is 1.67. The van der Waals surface area contributed by atoms with Crippen molar-refractivity contribution < 1.29 is 9.53 Å². The van der Waals surface area contributed by atoms with Gasteiger partial charge >= 0.3 is 5.97 Å². The van der Waals surface area contributed by atoms with Gasteiger partial charge in [-0.2, -0.15) is 0 Å². The van der Waals surface area contributed by atoms with E-state index >= 15 is 0 Å². The largest absolute Gasteiger partial charge is 0.449 e. The molecule has 0 aromatic heterocycles. The van der Waals surface area contributed by atoms with E-state index < -0.39 is 5.60 Å². The van der Waals surface area contributed by atoms with Gasteiger partial charge in [-0.1, -0.05) is 38.2 Å². The molecule has 0 amide bonds. The zero-order chi connectivity index (χ0) is 18.1. The molecule has 2 saturated heterocycles. The Labute approximate surface area is 157 Å². The van der Waals surface area contributed by atoms with Crippen molar-refractivity contribution in [3.63, 3.8) is 0 Å². The molecule has 1 unspecified atom stereocenters. The summed E-state index contributed by atoms with van der Waals surface area (Å²) in [6.45, 7) is 8.52. The number of piperidine rings is 1. The minimum absolute atomic E-state index is 0.181. The topological polar surface area (TPSA) is 32.8 Å². The molecule has 4 nitrogen and oxygen atoms in total. The van der Waals surface area contributed by atoms with E-state index in [0.29, 0.717) is 12.1 Å². The Morgan fingerprint density at radius 3 is 2.88 bits per heavy atom. The molecule has 1 aliphatic carbocycles. The van der Waals surface area contributed by atoms with E-state index in [9.17, 15) is 4.79 Å². The van der Waals surface area contributed by atoms with E-state index in [0.717, 1.165) is 63.0 Å². The lowest BCUT2D eigenvalue weighted by Crippen LogP contribution is -2.48. The predicted molar refractivity (Wildman–Crippen MR) is 103 cm³/mol. The first kappa shape index (κ1) is 17.8. The van der Waals surface area contributed by atoms with Gasteiger partial charge in [0.15, 0.2) is 5.60 Å². The molecule has 0 saturated carbocycles. The van der Waals surface area contributed by atoms with Crippen molar-refractivity contribution in [3.8, 4) is 11.8 Å². The van der Waals surface area contributed by atoms with Crippen LogP contribution in [-0.2, 0) is 9.53 Å². The van der Waals surface area contributed by atoms with E-state index in [1.807, 2.05) is 0 Å². The van der Waals surface area contributed by atoms with Crippen LogP contribution in [0.15, 0.2) is 23.3 Å². The van der Waals surface area contributed by atoms with Crippen LogP contribution in [0.4, 0.5) is 0 Å². The molecule has 0 aromatic carbocycles. The van der Waals surface area contributed by atoms with Gasteiger partial charge in [-0.3, -0.25) is 9.80 Å². The lowest BCUT2D eigenvalue weighted by Gasteiger charge is -2.38. The van der Waals surface area contributed by atoms with Crippen LogP contribution >= 0.6 is 0 Å². The summed E-state index contributed by atoms with van der Waals surface area (Å²) in [5.74, 6) is 6.61. The summed E-state index contributed by atoms with van der Waals surface area (Å²) in [4.78, 5) is 17.1. The third kappa shape index (κ3) is 2.92.